The Labute approximate surface area is 160 Å². The van der Waals surface area contributed by atoms with Crippen molar-refractivity contribution in [3.8, 4) is 0 Å². The molecule has 0 aliphatic heterocycles. The second kappa shape index (κ2) is 7.44. The van der Waals surface area contributed by atoms with Gasteiger partial charge in [-0.3, -0.25) is 19.0 Å². The average Bonchev–Trinajstić information content (AvgIpc) is 2.92. The summed E-state index contributed by atoms with van der Waals surface area (Å²) in [6, 6.07) is 5.55. The number of carbonyl (C=O) groups excluding carboxylic acids is 2. The molecule has 0 atom stereocenters. The molecule has 1 aromatic carbocycles. The molecular formula is C20H20N2O4S. The van der Waals surface area contributed by atoms with Crippen molar-refractivity contribution >= 4 is 33.3 Å². The van der Waals surface area contributed by atoms with Crippen molar-refractivity contribution in [2.45, 2.75) is 34.2 Å². The molecule has 27 heavy (non-hydrogen) atoms. The van der Waals surface area contributed by atoms with Crippen LogP contribution in [-0.4, -0.2) is 27.9 Å². The van der Waals surface area contributed by atoms with E-state index in [0.29, 0.717) is 15.8 Å². The predicted molar refractivity (Wildman–Crippen MR) is 105 cm³/mol. The molecule has 0 saturated carbocycles. The third kappa shape index (κ3) is 3.83. The van der Waals surface area contributed by atoms with Gasteiger partial charge in [0.2, 0.25) is 5.78 Å². The topological polar surface area (TPSA) is 78.3 Å². The van der Waals surface area contributed by atoms with Crippen molar-refractivity contribution in [3.05, 3.63) is 62.0 Å². The van der Waals surface area contributed by atoms with Crippen LogP contribution in [0.3, 0.4) is 0 Å². The maximum atomic E-state index is 12.6. The Balaban J connectivity index is 1.71. The summed E-state index contributed by atoms with van der Waals surface area (Å²) >= 11 is 1.45. The Bertz CT molecular complexity index is 1110. The molecular weight excluding hydrogens is 364 g/mol. The number of thiophene rings is 1. The highest BCUT2D eigenvalue weighted by molar-refractivity contribution is 7.18. The minimum absolute atomic E-state index is 0.269. The van der Waals surface area contributed by atoms with Crippen molar-refractivity contribution in [1.82, 2.24) is 9.55 Å². The maximum absolute atomic E-state index is 12.6. The molecule has 0 spiro atoms. The Morgan fingerprint density at radius 3 is 2.67 bits per heavy atom. The number of nitrogens with zero attached hydrogens (tertiary/aromatic N) is 2. The van der Waals surface area contributed by atoms with Gasteiger partial charge in [0.05, 0.1) is 11.7 Å². The van der Waals surface area contributed by atoms with E-state index in [9.17, 15) is 14.4 Å². The molecule has 2 heterocycles. The lowest BCUT2D eigenvalue weighted by Crippen LogP contribution is -2.27. The first kappa shape index (κ1) is 19.0. The number of hydrogen-bond acceptors (Lipinski definition) is 6. The molecule has 7 heteroatoms. The molecule has 0 aliphatic rings. The highest BCUT2D eigenvalue weighted by Crippen LogP contribution is 2.25. The van der Waals surface area contributed by atoms with Crippen LogP contribution in [-0.2, 0) is 16.1 Å². The molecule has 6 nitrogen and oxygen atoms in total. The van der Waals surface area contributed by atoms with E-state index >= 15 is 0 Å². The fraction of sp³-hybridized carbons (Fsp3) is 0.300. The van der Waals surface area contributed by atoms with Gasteiger partial charge in [-0.15, -0.1) is 11.3 Å². The van der Waals surface area contributed by atoms with Gasteiger partial charge < -0.3 is 4.74 Å². The van der Waals surface area contributed by atoms with E-state index in [0.717, 1.165) is 21.6 Å². The Morgan fingerprint density at radius 1 is 1.19 bits per heavy atom. The number of carbonyl (C=O) groups is 2. The van der Waals surface area contributed by atoms with E-state index in [1.165, 1.54) is 22.2 Å². The molecule has 2 aromatic heterocycles. The summed E-state index contributed by atoms with van der Waals surface area (Å²) in [5.74, 6) is -0.920. The van der Waals surface area contributed by atoms with Crippen molar-refractivity contribution in [3.63, 3.8) is 0 Å². The number of benzene rings is 1. The van der Waals surface area contributed by atoms with E-state index in [1.807, 2.05) is 39.8 Å². The van der Waals surface area contributed by atoms with Crippen molar-refractivity contribution in [1.29, 1.82) is 0 Å². The van der Waals surface area contributed by atoms with Gasteiger partial charge in [-0.1, -0.05) is 17.7 Å². The highest BCUT2D eigenvalue weighted by atomic mass is 32.1. The molecule has 0 radical (unpaired) electrons. The summed E-state index contributed by atoms with van der Waals surface area (Å²) in [6.45, 7) is 6.88. The first-order valence-electron chi connectivity index (χ1n) is 8.49. The van der Waals surface area contributed by atoms with Crippen LogP contribution in [0.4, 0.5) is 0 Å². The number of rotatable bonds is 5. The molecule has 0 amide bonds. The van der Waals surface area contributed by atoms with Crippen LogP contribution in [0.25, 0.3) is 10.2 Å². The van der Waals surface area contributed by atoms with Gasteiger partial charge in [0.1, 0.15) is 11.4 Å². The first-order valence-corrected chi connectivity index (χ1v) is 9.30. The van der Waals surface area contributed by atoms with Crippen LogP contribution in [0, 0.1) is 27.7 Å². The quantitative estimate of drug-likeness (QED) is 0.499. The summed E-state index contributed by atoms with van der Waals surface area (Å²) in [4.78, 5) is 42.9. The van der Waals surface area contributed by atoms with Crippen LogP contribution in [0.2, 0.25) is 0 Å². The number of esters is 1. The number of ether oxygens (including phenoxy) is 1. The van der Waals surface area contributed by atoms with Crippen LogP contribution in [0.5, 0.6) is 0 Å². The number of aromatic nitrogens is 2. The molecule has 0 N–H and O–H groups in total. The van der Waals surface area contributed by atoms with Gasteiger partial charge >= 0.3 is 5.97 Å². The van der Waals surface area contributed by atoms with Crippen LogP contribution in [0.1, 0.15) is 31.9 Å². The lowest BCUT2D eigenvalue weighted by atomic mass is 10.0. The molecule has 0 unspecified atom stereocenters. The largest absolute Gasteiger partial charge is 0.456 e. The standard InChI is InChI=1S/C20H20N2O4S/c1-11-5-6-12(2)15(7-11)16(23)9-26-17(24)8-22-10-21-19-18(20(22)25)13(3)14(4)27-19/h5-7,10H,8-9H2,1-4H3. The van der Waals surface area contributed by atoms with Gasteiger partial charge in [-0.05, 0) is 44.9 Å². The monoisotopic (exact) mass is 384 g/mol. The zero-order valence-electron chi connectivity index (χ0n) is 15.7. The predicted octanol–water partition coefficient (Wildman–Crippen LogP) is 3.12. The summed E-state index contributed by atoms with van der Waals surface area (Å²) in [5.41, 5.74) is 2.92. The second-order valence-electron chi connectivity index (χ2n) is 6.54. The minimum Gasteiger partial charge on any atom is -0.456 e. The van der Waals surface area contributed by atoms with Crippen LogP contribution >= 0.6 is 11.3 Å². The molecule has 0 aliphatic carbocycles. The Morgan fingerprint density at radius 2 is 1.93 bits per heavy atom. The molecule has 0 fully saturated rings. The van der Waals surface area contributed by atoms with Crippen LogP contribution in [0.15, 0.2) is 29.3 Å². The third-order valence-corrected chi connectivity index (χ3v) is 5.63. The molecule has 140 valence electrons. The van der Waals surface area contributed by atoms with Crippen molar-refractivity contribution in [2.24, 2.45) is 0 Å². The van der Waals surface area contributed by atoms with E-state index in [4.69, 9.17) is 4.74 Å². The summed E-state index contributed by atoms with van der Waals surface area (Å²) < 4.78 is 6.30. The van der Waals surface area contributed by atoms with Gasteiger partial charge in [0.25, 0.3) is 5.56 Å². The summed E-state index contributed by atoms with van der Waals surface area (Å²) in [5, 5.41) is 0.527. The van der Waals surface area contributed by atoms with E-state index in [1.54, 1.807) is 6.07 Å². The smallest absolute Gasteiger partial charge is 0.326 e. The van der Waals surface area contributed by atoms with Crippen molar-refractivity contribution < 1.29 is 14.3 Å². The zero-order valence-corrected chi connectivity index (χ0v) is 16.5. The normalized spacial score (nSPS) is 11.0. The molecule has 0 bridgehead atoms. The Hall–Kier alpha value is -2.80. The van der Waals surface area contributed by atoms with E-state index < -0.39 is 5.97 Å². The second-order valence-corrected chi connectivity index (χ2v) is 7.75. The van der Waals surface area contributed by atoms with Gasteiger partial charge in [0.15, 0.2) is 6.61 Å². The van der Waals surface area contributed by atoms with Crippen LogP contribution < -0.4 is 5.56 Å². The fourth-order valence-electron chi connectivity index (χ4n) is 2.83. The van der Waals surface area contributed by atoms with Crippen molar-refractivity contribution in [2.75, 3.05) is 6.61 Å². The Kier molecular flexibility index (Phi) is 5.23. The lowest BCUT2D eigenvalue weighted by Gasteiger charge is -2.08. The van der Waals surface area contributed by atoms with Gasteiger partial charge in [-0.25, -0.2) is 4.98 Å². The maximum Gasteiger partial charge on any atom is 0.326 e. The highest BCUT2D eigenvalue weighted by Gasteiger charge is 2.16. The van der Waals surface area contributed by atoms with E-state index in [-0.39, 0.29) is 24.5 Å². The SMILES string of the molecule is Cc1ccc(C)c(C(=O)COC(=O)Cn2cnc3sc(C)c(C)c3c2=O)c1. The number of hydrogen-bond donors (Lipinski definition) is 0. The molecule has 3 aromatic rings. The number of aryl methyl sites for hydroxylation is 4. The number of fused-ring (bicyclic) bond motifs is 1. The lowest BCUT2D eigenvalue weighted by molar-refractivity contribution is -0.143. The minimum atomic E-state index is -0.651. The zero-order chi connectivity index (χ0) is 19.7. The fourth-order valence-corrected chi connectivity index (χ4v) is 3.81. The van der Waals surface area contributed by atoms with Gasteiger partial charge in [-0.2, -0.15) is 0 Å². The number of Topliss-reactive ketones (excluding diaryl/α,β-unsaturated/α-hetero) is 1. The van der Waals surface area contributed by atoms with E-state index in [2.05, 4.69) is 4.98 Å². The van der Waals surface area contributed by atoms with Gasteiger partial charge in [0, 0.05) is 10.4 Å². The number of ketones is 1. The first-order chi connectivity index (χ1) is 12.8. The average molecular weight is 384 g/mol. The molecule has 3 rings (SSSR count). The summed E-state index contributed by atoms with van der Waals surface area (Å²) in [6.07, 6.45) is 1.34. The third-order valence-electron chi connectivity index (χ3n) is 4.51. The molecule has 0 saturated heterocycles. The summed E-state index contributed by atoms with van der Waals surface area (Å²) in [7, 11) is 0.